The second kappa shape index (κ2) is 8.28. The standard InChI is InChI=1S/C23H23N3O3S/c1-25(20-8-3-2-4-9-20)30(28,29)21-13-11-18(12-14-21)23(27)26-16-6-10-22(26)19-7-5-15-24-17-19/h2-5,7-9,11-15,17,22H,6,10,16H2,1H3/t22-/m1/s1. The molecule has 1 saturated heterocycles. The van der Waals surface area contributed by atoms with Crippen LogP contribution in [0, 0.1) is 0 Å². The van der Waals surface area contributed by atoms with Gasteiger partial charge in [0.1, 0.15) is 0 Å². The van der Waals surface area contributed by atoms with Crippen molar-refractivity contribution in [2.75, 3.05) is 17.9 Å². The van der Waals surface area contributed by atoms with E-state index < -0.39 is 10.0 Å². The summed E-state index contributed by atoms with van der Waals surface area (Å²) in [5.41, 5.74) is 2.08. The van der Waals surface area contributed by atoms with Crippen LogP contribution in [0.2, 0.25) is 0 Å². The molecule has 1 fully saturated rings. The SMILES string of the molecule is CN(c1ccccc1)S(=O)(=O)c1ccc(C(=O)N2CCC[C@@H]2c2cccnc2)cc1. The molecule has 0 radical (unpaired) electrons. The highest BCUT2D eigenvalue weighted by molar-refractivity contribution is 7.92. The lowest BCUT2D eigenvalue weighted by Crippen LogP contribution is -2.30. The summed E-state index contributed by atoms with van der Waals surface area (Å²) in [5.74, 6) is -0.0956. The van der Waals surface area contributed by atoms with Crippen LogP contribution in [0.5, 0.6) is 0 Å². The Labute approximate surface area is 176 Å². The third kappa shape index (κ3) is 3.80. The fourth-order valence-electron chi connectivity index (χ4n) is 3.80. The number of likely N-dealkylation sites (tertiary alicyclic amines) is 1. The first-order valence-electron chi connectivity index (χ1n) is 9.83. The Morgan fingerprint density at radius 3 is 2.43 bits per heavy atom. The zero-order valence-electron chi connectivity index (χ0n) is 16.7. The Bertz CT molecular complexity index is 1120. The summed E-state index contributed by atoms with van der Waals surface area (Å²) < 4.78 is 27.1. The number of anilines is 1. The van der Waals surface area contributed by atoms with E-state index in [0.29, 0.717) is 17.8 Å². The number of carbonyl (C=O) groups is 1. The summed E-state index contributed by atoms with van der Waals surface area (Å²) in [7, 11) is -2.19. The van der Waals surface area contributed by atoms with E-state index in [1.807, 2.05) is 23.1 Å². The van der Waals surface area contributed by atoms with E-state index >= 15 is 0 Å². The Morgan fingerprint density at radius 2 is 1.77 bits per heavy atom. The van der Waals surface area contributed by atoms with Gasteiger partial charge in [-0.1, -0.05) is 24.3 Å². The molecule has 30 heavy (non-hydrogen) atoms. The van der Waals surface area contributed by atoms with E-state index in [4.69, 9.17) is 0 Å². The average Bonchev–Trinajstić information content (AvgIpc) is 3.29. The topological polar surface area (TPSA) is 70.6 Å². The molecule has 1 aromatic heterocycles. The van der Waals surface area contributed by atoms with Crippen molar-refractivity contribution in [2.24, 2.45) is 0 Å². The third-order valence-corrected chi connectivity index (χ3v) is 7.26. The maximum absolute atomic E-state index is 13.1. The van der Waals surface area contributed by atoms with E-state index in [1.54, 1.807) is 48.8 Å². The predicted octanol–water partition coefficient (Wildman–Crippen LogP) is 3.88. The lowest BCUT2D eigenvalue weighted by Gasteiger charge is -2.25. The van der Waals surface area contributed by atoms with Crippen molar-refractivity contribution in [3.8, 4) is 0 Å². The number of hydrogen-bond donors (Lipinski definition) is 0. The molecule has 1 amide bonds. The van der Waals surface area contributed by atoms with Gasteiger partial charge in [0.25, 0.3) is 15.9 Å². The maximum atomic E-state index is 13.1. The third-order valence-electron chi connectivity index (χ3n) is 5.46. The van der Waals surface area contributed by atoms with Crippen LogP contribution in [-0.4, -0.2) is 37.8 Å². The number of sulfonamides is 1. The van der Waals surface area contributed by atoms with E-state index in [0.717, 1.165) is 18.4 Å². The minimum absolute atomic E-state index is 0.00109. The van der Waals surface area contributed by atoms with E-state index in [-0.39, 0.29) is 16.8 Å². The van der Waals surface area contributed by atoms with Crippen LogP contribution in [0.4, 0.5) is 5.69 Å². The fourth-order valence-corrected chi connectivity index (χ4v) is 5.00. The molecule has 0 N–H and O–H groups in total. The van der Waals surface area contributed by atoms with Gasteiger partial charge in [-0.05, 0) is 60.9 Å². The van der Waals surface area contributed by atoms with Gasteiger partial charge in [-0.3, -0.25) is 14.1 Å². The highest BCUT2D eigenvalue weighted by atomic mass is 32.2. The number of benzene rings is 2. The van der Waals surface area contributed by atoms with Crippen LogP contribution in [-0.2, 0) is 10.0 Å². The first-order chi connectivity index (χ1) is 14.5. The predicted molar refractivity (Wildman–Crippen MR) is 116 cm³/mol. The summed E-state index contributed by atoms with van der Waals surface area (Å²) in [6, 6.07) is 18.9. The molecular formula is C23H23N3O3S. The lowest BCUT2D eigenvalue weighted by molar-refractivity contribution is 0.0735. The normalized spacial score (nSPS) is 16.4. The van der Waals surface area contributed by atoms with Crippen LogP contribution >= 0.6 is 0 Å². The molecule has 0 saturated carbocycles. The van der Waals surface area contributed by atoms with Crippen LogP contribution in [0.3, 0.4) is 0 Å². The van der Waals surface area contributed by atoms with Crippen molar-refractivity contribution < 1.29 is 13.2 Å². The fraction of sp³-hybridized carbons (Fsp3) is 0.217. The van der Waals surface area contributed by atoms with Gasteiger partial charge in [0.2, 0.25) is 0 Å². The van der Waals surface area contributed by atoms with Gasteiger partial charge in [0, 0.05) is 31.5 Å². The monoisotopic (exact) mass is 421 g/mol. The highest BCUT2D eigenvalue weighted by Crippen LogP contribution is 2.33. The second-order valence-corrected chi connectivity index (χ2v) is 9.24. The molecule has 7 heteroatoms. The molecule has 4 rings (SSSR count). The van der Waals surface area contributed by atoms with Crippen molar-refractivity contribution in [2.45, 2.75) is 23.8 Å². The number of para-hydroxylation sites is 1. The van der Waals surface area contributed by atoms with Gasteiger partial charge in [-0.2, -0.15) is 0 Å². The summed E-state index contributed by atoms with van der Waals surface area (Å²) in [6.45, 7) is 0.676. The van der Waals surface area contributed by atoms with Crippen molar-refractivity contribution in [1.29, 1.82) is 0 Å². The molecule has 0 bridgehead atoms. The largest absolute Gasteiger partial charge is 0.332 e. The Hall–Kier alpha value is -3.19. The zero-order chi connectivity index (χ0) is 21.1. The summed E-state index contributed by atoms with van der Waals surface area (Å²) in [6.07, 6.45) is 5.34. The molecular weight excluding hydrogens is 398 g/mol. The summed E-state index contributed by atoms with van der Waals surface area (Å²) >= 11 is 0. The number of nitrogens with zero attached hydrogens (tertiary/aromatic N) is 3. The zero-order valence-corrected chi connectivity index (χ0v) is 17.5. The first kappa shape index (κ1) is 20.1. The minimum atomic E-state index is -3.71. The van der Waals surface area contributed by atoms with Gasteiger partial charge >= 0.3 is 0 Å². The molecule has 0 unspecified atom stereocenters. The number of hydrogen-bond acceptors (Lipinski definition) is 4. The average molecular weight is 422 g/mol. The molecule has 154 valence electrons. The maximum Gasteiger partial charge on any atom is 0.264 e. The molecule has 2 aromatic carbocycles. The Kier molecular flexibility index (Phi) is 5.55. The van der Waals surface area contributed by atoms with Gasteiger partial charge in [-0.25, -0.2) is 8.42 Å². The molecule has 3 aromatic rings. The molecule has 1 aliphatic heterocycles. The van der Waals surface area contributed by atoms with Crippen LogP contribution in [0.15, 0.2) is 84.0 Å². The molecule has 2 heterocycles. The van der Waals surface area contributed by atoms with Gasteiger partial charge in [0.05, 0.1) is 16.6 Å². The summed E-state index contributed by atoms with van der Waals surface area (Å²) in [4.78, 5) is 19.3. The van der Waals surface area contributed by atoms with Gasteiger partial charge in [0.15, 0.2) is 0 Å². The van der Waals surface area contributed by atoms with Crippen molar-refractivity contribution >= 4 is 21.6 Å². The van der Waals surface area contributed by atoms with Crippen LogP contribution in [0.1, 0.15) is 34.8 Å². The van der Waals surface area contributed by atoms with Gasteiger partial charge in [-0.15, -0.1) is 0 Å². The number of carbonyl (C=O) groups excluding carboxylic acids is 1. The highest BCUT2D eigenvalue weighted by Gasteiger charge is 2.31. The van der Waals surface area contributed by atoms with Crippen LogP contribution < -0.4 is 4.31 Å². The smallest absolute Gasteiger partial charge is 0.264 e. The van der Waals surface area contributed by atoms with Crippen LogP contribution in [0.25, 0.3) is 0 Å². The van der Waals surface area contributed by atoms with E-state index in [1.165, 1.54) is 23.5 Å². The molecule has 1 atom stereocenters. The van der Waals surface area contributed by atoms with Gasteiger partial charge < -0.3 is 4.90 Å². The van der Waals surface area contributed by atoms with E-state index in [9.17, 15) is 13.2 Å². The minimum Gasteiger partial charge on any atom is -0.332 e. The molecule has 0 spiro atoms. The molecule has 0 aliphatic carbocycles. The number of rotatable bonds is 5. The second-order valence-electron chi connectivity index (χ2n) is 7.28. The summed E-state index contributed by atoms with van der Waals surface area (Å²) in [5, 5.41) is 0. The Morgan fingerprint density at radius 1 is 1.03 bits per heavy atom. The molecule has 1 aliphatic rings. The quantitative estimate of drug-likeness (QED) is 0.627. The lowest BCUT2D eigenvalue weighted by atomic mass is 10.1. The van der Waals surface area contributed by atoms with E-state index in [2.05, 4.69) is 4.98 Å². The van der Waals surface area contributed by atoms with Crippen molar-refractivity contribution in [1.82, 2.24) is 9.88 Å². The number of pyridine rings is 1. The number of aromatic nitrogens is 1. The molecule has 6 nitrogen and oxygen atoms in total. The van der Waals surface area contributed by atoms with Crippen molar-refractivity contribution in [3.05, 3.63) is 90.3 Å². The Balaban J connectivity index is 1.55. The van der Waals surface area contributed by atoms with Crippen molar-refractivity contribution in [3.63, 3.8) is 0 Å². The first-order valence-corrected chi connectivity index (χ1v) is 11.3. The number of amides is 1.